The van der Waals surface area contributed by atoms with Gasteiger partial charge in [0.05, 0.1) is 0 Å². The summed E-state index contributed by atoms with van der Waals surface area (Å²) in [5, 5.41) is 9.28. The van der Waals surface area contributed by atoms with Crippen LogP contribution in [0.2, 0.25) is 0 Å². The Morgan fingerprint density at radius 1 is 1.30 bits per heavy atom. The van der Waals surface area contributed by atoms with Gasteiger partial charge in [-0.2, -0.15) is 0 Å². The van der Waals surface area contributed by atoms with E-state index in [0.29, 0.717) is 12.3 Å². The van der Waals surface area contributed by atoms with Crippen molar-refractivity contribution in [2.75, 3.05) is 0 Å². The largest absolute Gasteiger partial charge is 0.481 e. The molecule has 1 aromatic rings. The molecule has 1 aromatic carbocycles. The second kappa shape index (κ2) is 5.23. The van der Waals surface area contributed by atoms with Gasteiger partial charge in [-0.15, -0.1) is 0 Å². The first-order chi connectivity index (χ1) is 9.62. The summed E-state index contributed by atoms with van der Waals surface area (Å²) in [5.41, 5.74) is 4.41. The van der Waals surface area contributed by atoms with Crippen LogP contribution in [0.4, 0.5) is 0 Å². The molecule has 1 spiro atoms. The number of hydrogen-bond donors (Lipinski definition) is 1. The quantitative estimate of drug-likeness (QED) is 0.874. The highest BCUT2D eigenvalue weighted by molar-refractivity contribution is 5.67. The molecular formula is C18H24O2. The maximum absolute atomic E-state index is 11.3. The summed E-state index contributed by atoms with van der Waals surface area (Å²) in [6, 6.07) is 6.82. The molecule has 20 heavy (non-hydrogen) atoms. The van der Waals surface area contributed by atoms with Crippen LogP contribution in [0.5, 0.6) is 0 Å². The van der Waals surface area contributed by atoms with Gasteiger partial charge in [-0.25, -0.2) is 0 Å². The summed E-state index contributed by atoms with van der Waals surface area (Å²) in [6.45, 7) is 2.15. The number of carbonyl (C=O) groups is 1. The van der Waals surface area contributed by atoms with E-state index in [2.05, 4.69) is 25.1 Å². The Hall–Kier alpha value is -1.31. The minimum atomic E-state index is -0.629. The summed E-state index contributed by atoms with van der Waals surface area (Å²) in [4.78, 5) is 11.3. The van der Waals surface area contributed by atoms with E-state index < -0.39 is 5.97 Å². The summed E-state index contributed by atoms with van der Waals surface area (Å²) in [5.74, 6) is -0.300. The molecule has 0 bridgehead atoms. The molecule has 2 heteroatoms. The zero-order chi connectivity index (χ0) is 14.2. The summed E-state index contributed by atoms with van der Waals surface area (Å²) < 4.78 is 0. The van der Waals surface area contributed by atoms with Crippen LogP contribution in [-0.4, -0.2) is 11.1 Å². The van der Waals surface area contributed by atoms with Gasteiger partial charge in [0.25, 0.3) is 0 Å². The lowest BCUT2D eigenvalue weighted by Crippen LogP contribution is -2.42. The lowest BCUT2D eigenvalue weighted by molar-refractivity contribution is -0.139. The van der Waals surface area contributed by atoms with Crippen LogP contribution in [0, 0.1) is 12.8 Å². The van der Waals surface area contributed by atoms with Crippen LogP contribution in [0.15, 0.2) is 18.2 Å². The van der Waals surface area contributed by atoms with Crippen molar-refractivity contribution in [3.63, 3.8) is 0 Å². The summed E-state index contributed by atoms with van der Waals surface area (Å²) in [6.07, 6.45) is 8.61. The molecule has 1 unspecified atom stereocenters. The van der Waals surface area contributed by atoms with Crippen molar-refractivity contribution in [1.29, 1.82) is 0 Å². The third-order valence-corrected chi connectivity index (χ3v) is 5.51. The molecule has 0 radical (unpaired) electrons. The van der Waals surface area contributed by atoms with Gasteiger partial charge in [0, 0.05) is 6.42 Å². The first-order valence-corrected chi connectivity index (χ1v) is 7.94. The van der Waals surface area contributed by atoms with Crippen LogP contribution >= 0.6 is 0 Å². The molecular weight excluding hydrogens is 248 g/mol. The van der Waals surface area contributed by atoms with Crippen molar-refractivity contribution < 1.29 is 9.90 Å². The Kier molecular flexibility index (Phi) is 3.57. The molecule has 2 nitrogen and oxygen atoms in total. The Labute approximate surface area is 121 Å². The van der Waals surface area contributed by atoms with Gasteiger partial charge >= 0.3 is 5.97 Å². The van der Waals surface area contributed by atoms with E-state index in [1.807, 2.05) is 0 Å². The number of aliphatic carboxylic acids is 1. The van der Waals surface area contributed by atoms with Crippen LogP contribution < -0.4 is 0 Å². The maximum Gasteiger partial charge on any atom is 0.303 e. The minimum Gasteiger partial charge on any atom is -0.481 e. The molecule has 0 amide bonds. The van der Waals surface area contributed by atoms with E-state index in [1.54, 1.807) is 0 Å². The molecule has 0 aliphatic heterocycles. The molecule has 1 atom stereocenters. The van der Waals surface area contributed by atoms with Gasteiger partial charge in [-0.05, 0) is 55.1 Å². The minimum absolute atomic E-state index is 0.149. The second-order valence-electron chi connectivity index (χ2n) is 6.71. The zero-order valence-corrected chi connectivity index (χ0v) is 12.3. The molecule has 3 rings (SSSR count). The molecule has 1 saturated carbocycles. The number of hydrogen-bond acceptors (Lipinski definition) is 1. The van der Waals surface area contributed by atoms with Crippen LogP contribution in [0.25, 0.3) is 0 Å². The van der Waals surface area contributed by atoms with Crippen LogP contribution in [-0.2, 0) is 16.6 Å². The Morgan fingerprint density at radius 2 is 2.05 bits per heavy atom. The number of carboxylic acid groups (broad SMARTS) is 1. The second-order valence-corrected chi connectivity index (χ2v) is 6.71. The predicted octanol–water partition coefficient (Wildman–Crippen LogP) is 4.23. The third kappa shape index (κ3) is 2.25. The predicted molar refractivity (Wildman–Crippen MR) is 80.0 cm³/mol. The van der Waals surface area contributed by atoms with E-state index >= 15 is 0 Å². The topological polar surface area (TPSA) is 37.3 Å². The van der Waals surface area contributed by atoms with Crippen LogP contribution in [0.1, 0.15) is 61.6 Å². The monoisotopic (exact) mass is 272 g/mol. The fraction of sp³-hybridized carbons (Fsp3) is 0.611. The zero-order valence-electron chi connectivity index (χ0n) is 12.3. The van der Waals surface area contributed by atoms with Crippen molar-refractivity contribution in [2.45, 2.75) is 63.7 Å². The van der Waals surface area contributed by atoms with Gasteiger partial charge in [-0.3, -0.25) is 4.79 Å². The number of fused-ring (bicyclic) bond motifs is 2. The van der Waals surface area contributed by atoms with Crippen molar-refractivity contribution in [3.8, 4) is 0 Å². The molecule has 1 N–H and O–H groups in total. The third-order valence-electron chi connectivity index (χ3n) is 5.51. The number of rotatable bonds is 2. The molecule has 1 fully saturated rings. The van der Waals surface area contributed by atoms with E-state index in [0.717, 1.165) is 12.8 Å². The van der Waals surface area contributed by atoms with E-state index in [4.69, 9.17) is 0 Å². The Balaban J connectivity index is 2.06. The highest BCUT2D eigenvalue weighted by Gasteiger charge is 2.45. The van der Waals surface area contributed by atoms with Gasteiger partial charge < -0.3 is 5.11 Å². The molecule has 0 heterocycles. The number of benzene rings is 1. The first kappa shape index (κ1) is 13.7. The van der Waals surface area contributed by atoms with Gasteiger partial charge in [0.2, 0.25) is 0 Å². The van der Waals surface area contributed by atoms with Gasteiger partial charge in [0.15, 0.2) is 0 Å². The standard InChI is InChI=1S/C18H24O2/c1-13-5-6-14-7-8-15(12-17(19)20)18(16(14)11-13)9-3-2-4-10-18/h5-6,11,15H,2-4,7-10,12H2,1H3,(H,19,20). The lowest BCUT2D eigenvalue weighted by Gasteiger charge is -2.48. The number of aryl methyl sites for hydroxylation is 2. The molecule has 2 aliphatic rings. The van der Waals surface area contributed by atoms with Crippen molar-refractivity contribution in [1.82, 2.24) is 0 Å². The van der Waals surface area contributed by atoms with E-state index in [9.17, 15) is 9.90 Å². The smallest absolute Gasteiger partial charge is 0.303 e. The SMILES string of the molecule is Cc1ccc2c(c1)C1(CCCCC1)C(CC(=O)O)CC2. The first-order valence-electron chi connectivity index (χ1n) is 7.94. The maximum atomic E-state index is 11.3. The van der Waals surface area contributed by atoms with Crippen molar-refractivity contribution in [3.05, 3.63) is 34.9 Å². The highest BCUT2D eigenvalue weighted by Crippen LogP contribution is 2.52. The fourth-order valence-electron chi connectivity index (χ4n) is 4.57. The molecule has 2 aliphatic carbocycles. The fourth-order valence-corrected chi connectivity index (χ4v) is 4.57. The molecule has 0 aromatic heterocycles. The van der Waals surface area contributed by atoms with E-state index in [1.165, 1.54) is 48.8 Å². The Morgan fingerprint density at radius 3 is 2.75 bits per heavy atom. The summed E-state index contributed by atoms with van der Waals surface area (Å²) in [7, 11) is 0. The lowest BCUT2D eigenvalue weighted by atomic mass is 9.56. The molecule has 108 valence electrons. The van der Waals surface area contributed by atoms with Gasteiger partial charge in [0.1, 0.15) is 0 Å². The van der Waals surface area contributed by atoms with Gasteiger partial charge in [-0.1, -0.05) is 43.0 Å². The van der Waals surface area contributed by atoms with Crippen molar-refractivity contribution in [2.24, 2.45) is 5.92 Å². The molecule has 0 saturated heterocycles. The normalized spacial score (nSPS) is 24.4. The van der Waals surface area contributed by atoms with Crippen molar-refractivity contribution >= 4 is 5.97 Å². The summed E-state index contributed by atoms with van der Waals surface area (Å²) >= 11 is 0. The Bertz CT molecular complexity index is 512. The average molecular weight is 272 g/mol. The number of carboxylic acids is 1. The van der Waals surface area contributed by atoms with E-state index in [-0.39, 0.29) is 5.41 Å². The average Bonchev–Trinajstić information content (AvgIpc) is 2.44. The van der Waals surface area contributed by atoms with Crippen LogP contribution in [0.3, 0.4) is 0 Å². The highest BCUT2D eigenvalue weighted by atomic mass is 16.4.